The van der Waals surface area contributed by atoms with Crippen molar-refractivity contribution >= 4 is 29.5 Å². The predicted octanol–water partition coefficient (Wildman–Crippen LogP) is 1.35. The van der Waals surface area contributed by atoms with Crippen molar-refractivity contribution in [2.45, 2.75) is 25.9 Å². The maximum atomic E-state index is 12.6. The third-order valence-corrected chi connectivity index (χ3v) is 4.73. The van der Waals surface area contributed by atoms with E-state index in [4.69, 9.17) is 5.11 Å². The molecule has 1 fully saturated rings. The van der Waals surface area contributed by atoms with E-state index in [0.29, 0.717) is 24.4 Å². The van der Waals surface area contributed by atoms with Crippen LogP contribution in [0.25, 0.3) is 0 Å². The second-order valence-corrected chi connectivity index (χ2v) is 6.58. The molecule has 7 heteroatoms. The maximum Gasteiger partial charge on any atom is 0.305 e. The molecule has 1 saturated heterocycles. The summed E-state index contributed by atoms with van der Waals surface area (Å²) in [7, 11) is 0. The van der Waals surface area contributed by atoms with Crippen molar-refractivity contribution in [3.8, 4) is 0 Å². The molecule has 2 N–H and O–H groups in total. The van der Waals surface area contributed by atoms with Gasteiger partial charge in [-0.3, -0.25) is 14.4 Å². The highest BCUT2D eigenvalue weighted by Crippen LogP contribution is 2.21. The minimum Gasteiger partial charge on any atom is -0.481 e. The highest BCUT2D eigenvalue weighted by molar-refractivity contribution is 7.99. The Morgan fingerprint density at radius 2 is 2.00 bits per heavy atom. The largest absolute Gasteiger partial charge is 0.481 e. The van der Waals surface area contributed by atoms with Crippen LogP contribution in [0, 0.1) is 0 Å². The third-order valence-electron chi connectivity index (χ3n) is 3.64. The normalized spacial score (nSPS) is 17.6. The van der Waals surface area contributed by atoms with Crippen molar-refractivity contribution in [3.05, 3.63) is 35.4 Å². The van der Waals surface area contributed by atoms with E-state index >= 15 is 0 Å². The number of thioether (sulfide) groups is 1. The van der Waals surface area contributed by atoms with Crippen LogP contribution in [0.1, 0.15) is 29.3 Å². The van der Waals surface area contributed by atoms with E-state index in [0.717, 1.165) is 11.3 Å². The Bertz CT molecular complexity index is 588. The van der Waals surface area contributed by atoms with Gasteiger partial charge in [-0.1, -0.05) is 12.1 Å². The van der Waals surface area contributed by atoms with Gasteiger partial charge in [-0.05, 0) is 17.7 Å². The van der Waals surface area contributed by atoms with E-state index in [2.05, 4.69) is 5.32 Å². The molecule has 6 nitrogen and oxygen atoms in total. The average Bonchev–Trinajstić information content (AvgIpc) is 2.53. The molecule has 1 atom stereocenters. The zero-order valence-electron chi connectivity index (χ0n) is 12.9. The van der Waals surface area contributed by atoms with Gasteiger partial charge >= 0.3 is 5.97 Å². The molecule has 1 aromatic carbocycles. The lowest BCUT2D eigenvalue weighted by Gasteiger charge is -2.34. The van der Waals surface area contributed by atoms with Crippen LogP contribution < -0.4 is 5.32 Å². The van der Waals surface area contributed by atoms with Gasteiger partial charge in [0.05, 0.1) is 12.5 Å². The molecule has 0 unspecified atom stereocenters. The molecule has 0 spiro atoms. The summed E-state index contributed by atoms with van der Waals surface area (Å²) in [5.41, 5.74) is 1.45. The number of rotatable bonds is 5. The van der Waals surface area contributed by atoms with E-state index in [-0.39, 0.29) is 24.3 Å². The number of amides is 2. The Morgan fingerprint density at radius 3 is 2.61 bits per heavy atom. The summed E-state index contributed by atoms with van der Waals surface area (Å²) >= 11 is 1.68. The Balaban J connectivity index is 2.05. The first kappa shape index (κ1) is 17.3. The van der Waals surface area contributed by atoms with Gasteiger partial charge in [0.2, 0.25) is 5.91 Å². The monoisotopic (exact) mass is 336 g/mol. The predicted molar refractivity (Wildman–Crippen MR) is 88.4 cm³/mol. The zero-order chi connectivity index (χ0) is 16.8. The van der Waals surface area contributed by atoms with Crippen LogP contribution in [0.15, 0.2) is 24.3 Å². The molecule has 0 aromatic heterocycles. The van der Waals surface area contributed by atoms with Crippen LogP contribution in [0.3, 0.4) is 0 Å². The van der Waals surface area contributed by atoms with Crippen molar-refractivity contribution in [2.75, 3.05) is 18.1 Å². The summed E-state index contributed by atoms with van der Waals surface area (Å²) < 4.78 is 0. The van der Waals surface area contributed by atoms with Gasteiger partial charge in [0, 0.05) is 37.1 Å². The van der Waals surface area contributed by atoms with Gasteiger partial charge in [0.25, 0.3) is 5.91 Å². The molecule has 2 rings (SSSR count). The number of carbonyl (C=O) groups excluding carboxylic acids is 2. The first-order chi connectivity index (χ1) is 11.0. The van der Waals surface area contributed by atoms with Gasteiger partial charge < -0.3 is 15.3 Å². The fourth-order valence-electron chi connectivity index (χ4n) is 2.45. The van der Waals surface area contributed by atoms with Crippen molar-refractivity contribution in [2.24, 2.45) is 0 Å². The second kappa shape index (κ2) is 8.01. The minimum atomic E-state index is -0.888. The lowest BCUT2D eigenvalue weighted by Crippen LogP contribution is -2.47. The number of nitrogens with zero attached hydrogens (tertiary/aromatic N) is 1. The number of nitrogens with one attached hydrogen (secondary N) is 1. The molecule has 1 aliphatic heterocycles. The molecule has 1 aromatic rings. The number of benzene rings is 1. The van der Waals surface area contributed by atoms with Gasteiger partial charge in [-0.25, -0.2) is 0 Å². The smallest absolute Gasteiger partial charge is 0.305 e. The van der Waals surface area contributed by atoms with E-state index in [9.17, 15) is 14.4 Å². The summed E-state index contributed by atoms with van der Waals surface area (Å²) in [6, 6.07) is 6.78. The summed E-state index contributed by atoms with van der Waals surface area (Å²) in [6.07, 6.45) is -0.0284. The van der Waals surface area contributed by atoms with Gasteiger partial charge in [-0.15, -0.1) is 0 Å². The van der Waals surface area contributed by atoms with Crippen LogP contribution in [-0.2, 0) is 16.1 Å². The number of hydrogen-bond acceptors (Lipinski definition) is 4. The highest BCUT2D eigenvalue weighted by Gasteiger charge is 2.29. The summed E-state index contributed by atoms with van der Waals surface area (Å²) in [5, 5.41) is 11.7. The number of carbonyl (C=O) groups is 3. The summed E-state index contributed by atoms with van der Waals surface area (Å²) in [6.45, 7) is 2.44. The summed E-state index contributed by atoms with van der Waals surface area (Å²) in [4.78, 5) is 36.1. The number of aliphatic carboxylic acids is 1. The fourth-order valence-corrected chi connectivity index (χ4v) is 3.51. The molecule has 0 radical (unpaired) electrons. The molecule has 23 heavy (non-hydrogen) atoms. The highest BCUT2D eigenvalue weighted by atomic mass is 32.2. The van der Waals surface area contributed by atoms with Crippen molar-refractivity contribution in [1.29, 1.82) is 0 Å². The van der Waals surface area contributed by atoms with E-state index in [1.807, 2.05) is 0 Å². The van der Waals surface area contributed by atoms with Gasteiger partial charge in [-0.2, -0.15) is 11.8 Å². The Morgan fingerprint density at radius 1 is 1.30 bits per heavy atom. The minimum absolute atomic E-state index is 0.0284. The molecule has 0 saturated carbocycles. The Kier molecular flexibility index (Phi) is 6.04. The van der Waals surface area contributed by atoms with Crippen molar-refractivity contribution in [1.82, 2.24) is 10.2 Å². The zero-order valence-corrected chi connectivity index (χ0v) is 13.8. The SMILES string of the molecule is CC(=O)NCc1ccc(C(=O)N2CCSC[C@@H]2CC(=O)O)cc1. The van der Waals surface area contributed by atoms with Crippen LogP contribution in [0.5, 0.6) is 0 Å². The van der Waals surface area contributed by atoms with Crippen molar-refractivity contribution < 1.29 is 19.5 Å². The standard InChI is InChI=1S/C16H20N2O4S/c1-11(19)17-9-12-2-4-13(5-3-12)16(22)18-6-7-23-10-14(18)8-15(20)21/h2-5,14H,6-10H2,1H3,(H,17,19)(H,20,21)/t14-/m0/s1. The first-order valence-electron chi connectivity index (χ1n) is 7.41. The van der Waals surface area contributed by atoms with Crippen LogP contribution >= 0.6 is 11.8 Å². The molecule has 1 heterocycles. The number of carboxylic acids is 1. The first-order valence-corrected chi connectivity index (χ1v) is 8.56. The molecule has 1 aliphatic rings. The molecular formula is C16H20N2O4S. The fraction of sp³-hybridized carbons (Fsp3) is 0.438. The van der Waals surface area contributed by atoms with Crippen LogP contribution in [0.4, 0.5) is 0 Å². The Labute approximate surface area is 139 Å². The molecular weight excluding hydrogens is 316 g/mol. The number of hydrogen-bond donors (Lipinski definition) is 2. The number of carboxylic acid groups (broad SMARTS) is 1. The van der Waals surface area contributed by atoms with Gasteiger partial charge in [0.1, 0.15) is 0 Å². The average molecular weight is 336 g/mol. The second-order valence-electron chi connectivity index (χ2n) is 5.43. The molecule has 0 aliphatic carbocycles. The van der Waals surface area contributed by atoms with E-state index in [1.54, 1.807) is 40.9 Å². The van der Waals surface area contributed by atoms with E-state index < -0.39 is 5.97 Å². The van der Waals surface area contributed by atoms with Crippen molar-refractivity contribution in [3.63, 3.8) is 0 Å². The molecule has 124 valence electrons. The molecule has 0 bridgehead atoms. The lowest BCUT2D eigenvalue weighted by atomic mass is 10.1. The topological polar surface area (TPSA) is 86.7 Å². The quantitative estimate of drug-likeness (QED) is 0.848. The molecule has 2 amide bonds. The van der Waals surface area contributed by atoms with Gasteiger partial charge in [0.15, 0.2) is 0 Å². The summed E-state index contributed by atoms with van der Waals surface area (Å²) in [5.74, 6) is 0.345. The Hall–Kier alpha value is -2.02. The third kappa shape index (κ3) is 4.99. The lowest BCUT2D eigenvalue weighted by molar-refractivity contribution is -0.138. The van der Waals surface area contributed by atoms with Crippen LogP contribution in [-0.4, -0.2) is 51.9 Å². The maximum absolute atomic E-state index is 12.6. The van der Waals surface area contributed by atoms with E-state index in [1.165, 1.54) is 6.92 Å². The van der Waals surface area contributed by atoms with Crippen LogP contribution in [0.2, 0.25) is 0 Å².